The molecule has 5 rings (SSSR count). The quantitative estimate of drug-likeness (QED) is 0.410. The number of carbonyl (C=O) groups is 3. The third-order valence-corrected chi connectivity index (χ3v) is 9.86. The Bertz CT molecular complexity index is 1480. The Balaban J connectivity index is 1.24. The summed E-state index contributed by atoms with van der Waals surface area (Å²) in [6.45, 7) is 1.82. The number of Topliss-reactive ketones (excluding diaryl/α,β-unsaturated/α-hetero) is 1. The lowest BCUT2D eigenvalue weighted by Gasteiger charge is -2.28. The minimum Gasteiger partial charge on any atom is -0.399 e. The monoisotopic (exact) mass is 582 g/mol. The molecule has 3 aromatic rings. The van der Waals surface area contributed by atoms with Crippen molar-refractivity contribution in [2.24, 2.45) is 0 Å². The molecule has 1 N–H and O–H groups in total. The first-order valence-corrected chi connectivity index (χ1v) is 15.6. The number of nitrogens with zero attached hydrogens (tertiary/aromatic N) is 3. The Labute approximate surface area is 237 Å². The molecule has 2 amide bonds. The van der Waals surface area contributed by atoms with E-state index in [4.69, 9.17) is 4.74 Å². The minimum atomic E-state index is -3.83. The maximum Gasteiger partial charge on any atom is 0.414 e. The standard InChI is InChI=1S/C28H30N4O6S2/c1-2-8-21(30-28(35)38-25-13-12-24(39-25)19-9-4-3-5-10-19)27(34)31-16-14-22-26(31)23(33)17-32(22)40(36,37)18-20-11-6-7-15-29-20/h3-7,9-13,15,21-22,26H,2,8,14,16-18H2,1H3,(H,30,35). The van der Waals surface area contributed by atoms with Crippen LogP contribution in [0.5, 0.6) is 5.06 Å². The van der Waals surface area contributed by atoms with Crippen molar-refractivity contribution in [1.29, 1.82) is 0 Å². The third-order valence-electron chi connectivity index (χ3n) is 7.07. The predicted octanol–water partition coefficient (Wildman–Crippen LogP) is 3.45. The number of hydrogen-bond donors (Lipinski definition) is 1. The van der Waals surface area contributed by atoms with Crippen LogP contribution in [0, 0.1) is 0 Å². The number of nitrogens with one attached hydrogen (secondary N) is 1. The van der Waals surface area contributed by atoms with Gasteiger partial charge in [0.05, 0.1) is 18.3 Å². The maximum atomic E-state index is 13.6. The Hall–Kier alpha value is -3.61. The number of carbonyl (C=O) groups excluding carboxylic acids is 3. The van der Waals surface area contributed by atoms with Crippen molar-refractivity contribution in [3.05, 3.63) is 72.6 Å². The zero-order valence-electron chi connectivity index (χ0n) is 21.9. The van der Waals surface area contributed by atoms with Crippen LogP contribution >= 0.6 is 11.3 Å². The van der Waals surface area contributed by atoms with Crippen molar-refractivity contribution in [3.8, 4) is 15.5 Å². The summed E-state index contributed by atoms with van der Waals surface area (Å²) in [5.41, 5.74) is 1.39. The molecule has 0 aliphatic carbocycles. The molecule has 2 aromatic heterocycles. The highest BCUT2D eigenvalue weighted by atomic mass is 32.2. The highest BCUT2D eigenvalue weighted by molar-refractivity contribution is 7.88. The van der Waals surface area contributed by atoms with Gasteiger partial charge in [0, 0.05) is 17.6 Å². The van der Waals surface area contributed by atoms with Crippen LogP contribution in [0.25, 0.3) is 10.4 Å². The number of hydrogen-bond acceptors (Lipinski definition) is 8. The summed E-state index contributed by atoms with van der Waals surface area (Å²) in [4.78, 5) is 45.8. The smallest absolute Gasteiger partial charge is 0.399 e. The predicted molar refractivity (Wildman–Crippen MR) is 150 cm³/mol. The van der Waals surface area contributed by atoms with Crippen LogP contribution in [-0.2, 0) is 25.4 Å². The van der Waals surface area contributed by atoms with Gasteiger partial charge in [-0.05, 0) is 42.7 Å². The summed E-state index contributed by atoms with van der Waals surface area (Å²) >= 11 is 1.31. The van der Waals surface area contributed by atoms with Crippen LogP contribution in [0.15, 0.2) is 66.9 Å². The van der Waals surface area contributed by atoms with Gasteiger partial charge in [-0.15, -0.1) is 0 Å². The van der Waals surface area contributed by atoms with E-state index in [1.165, 1.54) is 26.7 Å². The second-order valence-electron chi connectivity index (χ2n) is 9.78. The van der Waals surface area contributed by atoms with Crippen LogP contribution in [0.4, 0.5) is 4.79 Å². The van der Waals surface area contributed by atoms with E-state index in [-0.39, 0.29) is 24.6 Å². The fourth-order valence-electron chi connectivity index (χ4n) is 5.28. The summed E-state index contributed by atoms with van der Waals surface area (Å²) in [5, 5.41) is 3.05. The lowest BCUT2D eigenvalue weighted by atomic mass is 10.1. The Kier molecular flexibility index (Phi) is 8.29. The molecule has 12 heteroatoms. The molecule has 3 unspecified atom stereocenters. The molecule has 10 nitrogen and oxygen atoms in total. The first-order chi connectivity index (χ1) is 19.3. The van der Waals surface area contributed by atoms with Crippen molar-refractivity contribution < 1.29 is 27.5 Å². The van der Waals surface area contributed by atoms with Crippen LogP contribution < -0.4 is 10.1 Å². The van der Waals surface area contributed by atoms with Gasteiger partial charge in [0.1, 0.15) is 17.8 Å². The van der Waals surface area contributed by atoms with Gasteiger partial charge in [0.15, 0.2) is 10.8 Å². The number of thiophene rings is 1. The van der Waals surface area contributed by atoms with E-state index in [2.05, 4.69) is 10.3 Å². The van der Waals surface area contributed by atoms with Gasteiger partial charge in [0.25, 0.3) is 0 Å². The van der Waals surface area contributed by atoms with Crippen molar-refractivity contribution >= 4 is 39.1 Å². The van der Waals surface area contributed by atoms with Gasteiger partial charge in [-0.2, -0.15) is 4.31 Å². The zero-order valence-corrected chi connectivity index (χ0v) is 23.6. The van der Waals surface area contributed by atoms with Gasteiger partial charge >= 0.3 is 6.09 Å². The van der Waals surface area contributed by atoms with Gasteiger partial charge in [0.2, 0.25) is 15.9 Å². The van der Waals surface area contributed by atoms with Crippen LogP contribution in [0.2, 0.25) is 0 Å². The van der Waals surface area contributed by atoms with Crippen LogP contribution in [0.1, 0.15) is 31.9 Å². The topological polar surface area (TPSA) is 126 Å². The number of likely N-dealkylation sites (tertiary alicyclic amines) is 1. The molecule has 210 valence electrons. The Morgan fingerprint density at radius 1 is 1.12 bits per heavy atom. The van der Waals surface area contributed by atoms with Gasteiger partial charge in [-0.1, -0.05) is 61.1 Å². The minimum absolute atomic E-state index is 0.220. The maximum absolute atomic E-state index is 13.6. The average molecular weight is 583 g/mol. The van der Waals surface area contributed by atoms with E-state index >= 15 is 0 Å². The fraction of sp³-hybridized carbons (Fsp3) is 0.357. The summed E-state index contributed by atoms with van der Waals surface area (Å²) in [6, 6.07) is 15.9. The number of sulfonamides is 1. The molecule has 1 aromatic carbocycles. The molecule has 3 atom stereocenters. The molecule has 0 radical (unpaired) electrons. The van der Waals surface area contributed by atoms with Crippen LogP contribution in [-0.4, -0.2) is 71.6 Å². The number of amides is 2. The molecular formula is C28H30N4O6S2. The Morgan fingerprint density at radius 3 is 2.62 bits per heavy atom. The second-order valence-corrected chi connectivity index (χ2v) is 12.7. The molecule has 0 bridgehead atoms. The third kappa shape index (κ3) is 5.93. The summed E-state index contributed by atoms with van der Waals surface area (Å²) in [6.07, 6.45) is 2.04. The molecule has 2 saturated heterocycles. The van der Waals surface area contributed by atoms with Crippen molar-refractivity contribution in [2.75, 3.05) is 13.1 Å². The number of benzene rings is 1. The first-order valence-electron chi connectivity index (χ1n) is 13.1. The number of ether oxygens (including phenoxy) is 1. The normalized spacial score (nSPS) is 19.8. The van der Waals surface area contributed by atoms with E-state index in [0.717, 1.165) is 10.4 Å². The van der Waals surface area contributed by atoms with Gasteiger partial charge in [-0.3, -0.25) is 14.6 Å². The van der Waals surface area contributed by atoms with E-state index in [9.17, 15) is 22.8 Å². The molecule has 2 aliphatic rings. The van der Waals surface area contributed by atoms with E-state index in [1.807, 2.05) is 43.3 Å². The molecule has 40 heavy (non-hydrogen) atoms. The first kappa shape index (κ1) is 27.9. The molecular weight excluding hydrogens is 552 g/mol. The summed E-state index contributed by atoms with van der Waals surface area (Å²) < 4.78 is 33.0. The average Bonchev–Trinajstić information content (AvgIpc) is 3.66. The van der Waals surface area contributed by atoms with Gasteiger partial charge < -0.3 is 15.0 Å². The second kappa shape index (κ2) is 11.9. The number of pyridine rings is 1. The number of rotatable bonds is 9. The number of fused-ring (bicyclic) bond motifs is 1. The molecule has 4 heterocycles. The number of ketones is 1. The van der Waals surface area contributed by atoms with E-state index in [0.29, 0.717) is 30.0 Å². The van der Waals surface area contributed by atoms with Gasteiger partial charge in [-0.25, -0.2) is 13.2 Å². The highest BCUT2D eigenvalue weighted by Gasteiger charge is 2.54. The fourth-order valence-corrected chi connectivity index (χ4v) is 7.81. The van der Waals surface area contributed by atoms with E-state index < -0.39 is 40.1 Å². The molecule has 2 aliphatic heterocycles. The molecule has 0 spiro atoms. The van der Waals surface area contributed by atoms with Crippen molar-refractivity contribution in [3.63, 3.8) is 0 Å². The number of aromatic nitrogens is 1. The largest absolute Gasteiger partial charge is 0.414 e. The van der Waals surface area contributed by atoms with Crippen molar-refractivity contribution in [2.45, 2.75) is 50.1 Å². The lowest BCUT2D eigenvalue weighted by molar-refractivity contribution is -0.138. The van der Waals surface area contributed by atoms with E-state index in [1.54, 1.807) is 24.3 Å². The molecule has 2 fully saturated rings. The SMILES string of the molecule is CCCC(NC(=O)Oc1ccc(-c2ccccc2)s1)C(=O)N1CCC2C1C(=O)CN2S(=O)(=O)Cc1ccccn1. The van der Waals surface area contributed by atoms with Crippen LogP contribution in [0.3, 0.4) is 0 Å². The summed E-state index contributed by atoms with van der Waals surface area (Å²) in [5.74, 6) is -1.07. The summed E-state index contributed by atoms with van der Waals surface area (Å²) in [7, 11) is -3.83. The zero-order chi connectivity index (χ0) is 28.3. The molecule has 0 saturated carbocycles. The lowest BCUT2D eigenvalue weighted by Crippen LogP contribution is -2.53. The Morgan fingerprint density at radius 2 is 1.90 bits per heavy atom. The van der Waals surface area contributed by atoms with Crippen molar-refractivity contribution in [1.82, 2.24) is 19.5 Å². The highest BCUT2D eigenvalue weighted by Crippen LogP contribution is 2.34.